The molecule has 0 saturated heterocycles. The fourth-order valence-corrected chi connectivity index (χ4v) is 1.41. The van der Waals surface area contributed by atoms with Gasteiger partial charge in [0.1, 0.15) is 11.8 Å². The summed E-state index contributed by atoms with van der Waals surface area (Å²) in [6, 6.07) is 6.98. The summed E-state index contributed by atoms with van der Waals surface area (Å²) in [5.74, 6) is -0.123. The molecule has 1 aromatic rings. The van der Waals surface area contributed by atoms with Crippen LogP contribution in [0.25, 0.3) is 0 Å². The second kappa shape index (κ2) is 4.36. The molecule has 0 aromatic heterocycles. The number of carbonyl (C=O) groups is 1. The van der Waals surface area contributed by atoms with E-state index >= 15 is 0 Å². The van der Waals surface area contributed by atoms with E-state index in [1.54, 1.807) is 18.2 Å². The van der Waals surface area contributed by atoms with Crippen LogP contribution in [-0.2, 0) is 5.41 Å². The number of nitriles is 1. The number of hydrogen-bond donors (Lipinski definition) is 0. The molecule has 0 aliphatic heterocycles. The summed E-state index contributed by atoms with van der Waals surface area (Å²) in [5, 5.41) is 8.65. The molecule has 0 amide bonds. The summed E-state index contributed by atoms with van der Waals surface area (Å²) in [5.41, 5.74) is 1.28. The van der Waals surface area contributed by atoms with Crippen LogP contribution in [0.15, 0.2) is 18.2 Å². The van der Waals surface area contributed by atoms with Gasteiger partial charge in [-0.1, -0.05) is 26.8 Å². The summed E-state index contributed by atoms with van der Waals surface area (Å²) in [6.07, 6.45) is 0. The van der Waals surface area contributed by atoms with E-state index in [4.69, 9.17) is 10.00 Å². The van der Waals surface area contributed by atoms with E-state index in [9.17, 15) is 4.79 Å². The lowest BCUT2D eigenvalue weighted by Crippen LogP contribution is -2.12. The van der Waals surface area contributed by atoms with Gasteiger partial charge in [-0.3, -0.25) is 4.79 Å². The zero-order valence-corrected chi connectivity index (χ0v) is 10.00. The molecule has 0 heterocycles. The van der Waals surface area contributed by atoms with Crippen LogP contribution in [0.1, 0.15) is 36.7 Å². The highest BCUT2D eigenvalue weighted by molar-refractivity contribution is 6.09. The normalized spacial score (nSPS) is 10.7. The minimum Gasteiger partial charge on any atom is -0.496 e. The van der Waals surface area contributed by atoms with Crippen molar-refractivity contribution in [3.8, 4) is 11.8 Å². The Bertz CT molecular complexity index is 450. The van der Waals surface area contributed by atoms with E-state index in [2.05, 4.69) is 20.8 Å². The molecule has 0 atom stereocenters. The highest BCUT2D eigenvalue weighted by atomic mass is 16.5. The fraction of sp³-hybridized carbons (Fsp3) is 0.385. The van der Waals surface area contributed by atoms with Crippen molar-refractivity contribution in [1.29, 1.82) is 5.26 Å². The summed E-state index contributed by atoms with van der Waals surface area (Å²) in [4.78, 5) is 11.4. The summed E-state index contributed by atoms with van der Waals surface area (Å²) in [6.45, 7) is 6.15. The monoisotopic (exact) mass is 217 g/mol. The van der Waals surface area contributed by atoms with Crippen molar-refractivity contribution in [2.45, 2.75) is 26.2 Å². The van der Waals surface area contributed by atoms with Crippen molar-refractivity contribution in [2.24, 2.45) is 0 Å². The molecule has 1 rings (SSSR count). The van der Waals surface area contributed by atoms with Crippen molar-refractivity contribution in [2.75, 3.05) is 7.11 Å². The number of Topliss-reactive ketones (excluding diaryl/α,β-unsaturated/α-hetero) is 1. The number of nitrogens with zero attached hydrogens (tertiary/aromatic N) is 1. The number of rotatable bonds is 2. The molecule has 0 fully saturated rings. The van der Waals surface area contributed by atoms with Crippen LogP contribution < -0.4 is 4.74 Å². The molecule has 84 valence electrons. The van der Waals surface area contributed by atoms with Crippen LogP contribution in [0.3, 0.4) is 0 Å². The smallest absolute Gasteiger partial charge is 0.265 e. The summed E-state index contributed by atoms with van der Waals surface area (Å²) in [7, 11) is 1.49. The Morgan fingerprint density at radius 3 is 2.44 bits per heavy atom. The molecule has 0 bridgehead atoms. The van der Waals surface area contributed by atoms with Gasteiger partial charge in [0, 0.05) is 0 Å². The van der Waals surface area contributed by atoms with E-state index in [-0.39, 0.29) is 5.41 Å². The predicted molar refractivity (Wildman–Crippen MR) is 61.6 cm³/mol. The van der Waals surface area contributed by atoms with Crippen molar-refractivity contribution >= 4 is 5.78 Å². The minimum atomic E-state index is -0.567. The van der Waals surface area contributed by atoms with Gasteiger partial charge in [-0.25, -0.2) is 0 Å². The average molecular weight is 217 g/mol. The maximum atomic E-state index is 11.4. The molecule has 0 saturated carbocycles. The third-order valence-corrected chi connectivity index (χ3v) is 2.41. The first-order chi connectivity index (χ1) is 7.40. The van der Waals surface area contributed by atoms with Gasteiger partial charge in [0.2, 0.25) is 0 Å². The van der Waals surface area contributed by atoms with E-state index < -0.39 is 5.78 Å². The molecule has 0 radical (unpaired) electrons. The van der Waals surface area contributed by atoms with Crippen LogP contribution in [0.5, 0.6) is 5.75 Å². The van der Waals surface area contributed by atoms with Gasteiger partial charge < -0.3 is 4.74 Å². The highest BCUT2D eigenvalue weighted by Gasteiger charge is 2.18. The summed E-state index contributed by atoms with van der Waals surface area (Å²) >= 11 is 0. The van der Waals surface area contributed by atoms with E-state index in [0.29, 0.717) is 11.3 Å². The fourth-order valence-electron chi connectivity index (χ4n) is 1.41. The lowest BCUT2D eigenvalue weighted by atomic mass is 9.85. The van der Waals surface area contributed by atoms with Gasteiger partial charge in [0.05, 0.1) is 12.7 Å². The number of carbonyl (C=O) groups excluding carboxylic acids is 1. The molecule has 0 N–H and O–H groups in total. The molecule has 0 aliphatic carbocycles. The van der Waals surface area contributed by atoms with Crippen molar-refractivity contribution < 1.29 is 9.53 Å². The maximum absolute atomic E-state index is 11.4. The molecular formula is C13H15NO2. The van der Waals surface area contributed by atoms with Gasteiger partial charge in [-0.05, 0) is 23.1 Å². The molecule has 0 spiro atoms. The quantitative estimate of drug-likeness (QED) is 0.565. The Morgan fingerprint density at radius 1 is 1.38 bits per heavy atom. The first-order valence-corrected chi connectivity index (χ1v) is 5.03. The lowest BCUT2D eigenvalue weighted by molar-refractivity contribution is 0.105. The van der Waals surface area contributed by atoms with Crippen molar-refractivity contribution in [3.05, 3.63) is 29.3 Å². The highest BCUT2D eigenvalue weighted by Crippen LogP contribution is 2.28. The second-order valence-electron chi connectivity index (χ2n) is 4.61. The zero-order valence-electron chi connectivity index (χ0n) is 10.00. The Labute approximate surface area is 95.7 Å². The van der Waals surface area contributed by atoms with Gasteiger partial charge in [-0.2, -0.15) is 5.26 Å². The largest absolute Gasteiger partial charge is 0.496 e. The third kappa shape index (κ3) is 2.40. The Kier molecular flexibility index (Phi) is 3.34. The van der Waals surface area contributed by atoms with Crippen LogP contribution in [0, 0.1) is 11.3 Å². The van der Waals surface area contributed by atoms with Gasteiger partial charge in [0.15, 0.2) is 0 Å². The Balaban J connectivity index is 3.34. The molecule has 3 nitrogen and oxygen atoms in total. The molecule has 1 aromatic carbocycles. The maximum Gasteiger partial charge on any atom is 0.265 e. The molecule has 0 unspecified atom stereocenters. The van der Waals surface area contributed by atoms with E-state index in [0.717, 1.165) is 5.56 Å². The van der Waals surface area contributed by atoms with Crippen molar-refractivity contribution in [1.82, 2.24) is 0 Å². The zero-order chi connectivity index (χ0) is 12.3. The average Bonchev–Trinajstić information content (AvgIpc) is 2.25. The van der Waals surface area contributed by atoms with Gasteiger partial charge in [-0.15, -0.1) is 0 Å². The molecule has 16 heavy (non-hydrogen) atoms. The Hall–Kier alpha value is -1.82. The standard InChI is InChI=1S/C13H15NO2/c1-13(2,3)9-5-6-12(16-4)10(7-9)11(15)8-14/h5-7H,1-4H3. The Morgan fingerprint density at radius 2 is 2.00 bits per heavy atom. The predicted octanol–water partition coefficient (Wildman–Crippen LogP) is 2.70. The first-order valence-electron chi connectivity index (χ1n) is 5.03. The number of ketones is 1. The van der Waals surface area contributed by atoms with E-state index in [1.165, 1.54) is 7.11 Å². The third-order valence-electron chi connectivity index (χ3n) is 2.41. The lowest BCUT2D eigenvalue weighted by Gasteiger charge is -2.20. The number of benzene rings is 1. The SMILES string of the molecule is COc1ccc(C(C)(C)C)cc1C(=O)C#N. The van der Waals surface area contributed by atoms with E-state index in [1.807, 2.05) is 6.07 Å². The number of ether oxygens (including phenoxy) is 1. The summed E-state index contributed by atoms with van der Waals surface area (Å²) < 4.78 is 5.06. The minimum absolute atomic E-state index is 0.0588. The molecule has 0 aliphatic rings. The molecular weight excluding hydrogens is 202 g/mol. The number of hydrogen-bond acceptors (Lipinski definition) is 3. The van der Waals surface area contributed by atoms with Crippen molar-refractivity contribution in [3.63, 3.8) is 0 Å². The van der Waals surface area contributed by atoms with Crippen LogP contribution >= 0.6 is 0 Å². The van der Waals surface area contributed by atoms with Gasteiger partial charge >= 0.3 is 0 Å². The topological polar surface area (TPSA) is 50.1 Å². The van der Waals surface area contributed by atoms with Gasteiger partial charge in [0.25, 0.3) is 5.78 Å². The van der Waals surface area contributed by atoms with Crippen LogP contribution in [-0.4, -0.2) is 12.9 Å². The second-order valence-corrected chi connectivity index (χ2v) is 4.61. The first kappa shape index (κ1) is 12.3. The number of methoxy groups -OCH3 is 1. The van der Waals surface area contributed by atoms with Crippen LogP contribution in [0.4, 0.5) is 0 Å². The van der Waals surface area contributed by atoms with Crippen LogP contribution in [0.2, 0.25) is 0 Å². The molecule has 3 heteroatoms.